The van der Waals surface area contributed by atoms with E-state index in [0.717, 1.165) is 18.2 Å². The zero-order valence-corrected chi connectivity index (χ0v) is 13.5. The highest BCUT2D eigenvalue weighted by molar-refractivity contribution is 5.82. The summed E-state index contributed by atoms with van der Waals surface area (Å²) in [5.41, 5.74) is -2.79. The highest BCUT2D eigenvalue weighted by atomic mass is 19.4. The molecule has 11 heteroatoms. The molecular weight excluding hydrogens is 377 g/mol. The maximum Gasteiger partial charge on any atom is 0.417 e. The molecule has 1 aliphatic rings. The highest BCUT2D eigenvalue weighted by Crippen LogP contribution is 2.35. The van der Waals surface area contributed by atoms with Crippen molar-refractivity contribution >= 4 is 11.0 Å². The number of rotatable bonds is 3. The van der Waals surface area contributed by atoms with Gasteiger partial charge < -0.3 is 34.3 Å². The van der Waals surface area contributed by atoms with Crippen LogP contribution in [0, 0.1) is 0 Å². The van der Waals surface area contributed by atoms with Crippen LogP contribution in [0.3, 0.4) is 0 Å². The van der Waals surface area contributed by atoms with Gasteiger partial charge in [-0.3, -0.25) is 0 Å². The average Bonchev–Trinajstić information content (AvgIpc) is 2.60. The Morgan fingerprint density at radius 3 is 2.41 bits per heavy atom. The number of hydrogen-bond donors (Lipinski definition) is 4. The van der Waals surface area contributed by atoms with Gasteiger partial charge in [-0.15, -0.1) is 0 Å². The lowest BCUT2D eigenvalue weighted by molar-refractivity contribution is -0.277. The summed E-state index contributed by atoms with van der Waals surface area (Å²) in [6, 6.07) is 3.47. The van der Waals surface area contributed by atoms with Crippen LogP contribution in [0.2, 0.25) is 0 Å². The fraction of sp³-hybridized carbons (Fsp3) is 0.438. The Bertz CT molecular complexity index is 878. The molecule has 0 saturated carbocycles. The van der Waals surface area contributed by atoms with Gasteiger partial charge in [0, 0.05) is 17.5 Å². The number of fused-ring (bicyclic) bond motifs is 1. The molecule has 1 saturated heterocycles. The average molecular weight is 392 g/mol. The zero-order chi connectivity index (χ0) is 19.9. The molecular formula is C16H15F3O8. The van der Waals surface area contributed by atoms with Crippen LogP contribution in [0.25, 0.3) is 11.0 Å². The van der Waals surface area contributed by atoms with Crippen molar-refractivity contribution in [1.82, 2.24) is 0 Å². The van der Waals surface area contributed by atoms with E-state index >= 15 is 0 Å². The van der Waals surface area contributed by atoms with Gasteiger partial charge in [0.15, 0.2) is 0 Å². The van der Waals surface area contributed by atoms with Crippen LogP contribution in [0.15, 0.2) is 33.5 Å². The van der Waals surface area contributed by atoms with Crippen molar-refractivity contribution in [2.45, 2.75) is 36.9 Å². The molecule has 1 fully saturated rings. The number of alkyl halides is 3. The number of aliphatic hydroxyl groups is 4. The predicted octanol–water partition coefficient (Wildman–Crippen LogP) is -0.00950. The summed E-state index contributed by atoms with van der Waals surface area (Å²) in [7, 11) is 0. The predicted molar refractivity (Wildman–Crippen MR) is 81.9 cm³/mol. The quantitative estimate of drug-likeness (QED) is 0.537. The number of hydrogen-bond acceptors (Lipinski definition) is 8. The maximum atomic E-state index is 13.0. The van der Waals surface area contributed by atoms with E-state index in [1.165, 1.54) is 0 Å². The Labute approximate surface area is 149 Å². The van der Waals surface area contributed by atoms with E-state index in [1.54, 1.807) is 0 Å². The molecule has 0 amide bonds. The molecule has 2 aromatic rings. The molecule has 3 rings (SSSR count). The molecule has 0 spiro atoms. The van der Waals surface area contributed by atoms with Crippen LogP contribution < -0.4 is 10.4 Å². The molecule has 5 atom stereocenters. The molecule has 1 aromatic heterocycles. The lowest BCUT2D eigenvalue weighted by Gasteiger charge is -2.39. The third-order valence-electron chi connectivity index (χ3n) is 4.12. The molecule has 1 aliphatic heterocycles. The molecule has 1 aromatic carbocycles. The van der Waals surface area contributed by atoms with Crippen molar-refractivity contribution in [2.24, 2.45) is 0 Å². The smallest absolute Gasteiger partial charge is 0.417 e. The Hall–Kier alpha value is -2.18. The van der Waals surface area contributed by atoms with Gasteiger partial charge in [0.05, 0.1) is 12.2 Å². The minimum atomic E-state index is -4.77. The number of ether oxygens (including phenoxy) is 2. The first-order valence-electron chi connectivity index (χ1n) is 7.74. The van der Waals surface area contributed by atoms with Crippen LogP contribution in [0.4, 0.5) is 13.2 Å². The first kappa shape index (κ1) is 19.6. The van der Waals surface area contributed by atoms with Crippen LogP contribution in [0.5, 0.6) is 5.75 Å². The van der Waals surface area contributed by atoms with Gasteiger partial charge in [-0.25, -0.2) is 4.79 Å². The van der Waals surface area contributed by atoms with E-state index in [4.69, 9.17) is 19.0 Å². The maximum absolute atomic E-state index is 13.0. The fourth-order valence-corrected chi connectivity index (χ4v) is 2.75. The topological polar surface area (TPSA) is 130 Å². The van der Waals surface area contributed by atoms with Crippen molar-refractivity contribution in [2.75, 3.05) is 6.61 Å². The monoisotopic (exact) mass is 392 g/mol. The summed E-state index contributed by atoms with van der Waals surface area (Å²) in [5.74, 6) is -0.130. The fourth-order valence-electron chi connectivity index (χ4n) is 2.75. The Kier molecular flexibility index (Phi) is 5.14. The van der Waals surface area contributed by atoms with Gasteiger partial charge >= 0.3 is 11.8 Å². The minimum absolute atomic E-state index is 0.130. The van der Waals surface area contributed by atoms with Crippen LogP contribution in [-0.2, 0) is 10.9 Å². The Morgan fingerprint density at radius 2 is 1.78 bits per heavy atom. The van der Waals surface area contributed by atoms with E-state index < -0.39 is 60.3 Å². The second-order valence-corrected chi connectivity index (χ2v) is 5.95. The lowest BCUT2D eigenvalue weighted by Crippen LogP contribution is -2.60. The lowest BCUT2D eigenvalue weighted by atomic mass is 9.99. The van der Waals surface area contributed by atoms with E-state index in [2.05, 4.69) is 0 Å². The SMILES string of the molecule is O=c1cc(C(F)(F)F)c2ccc(O[C@H]3O[C@@H](CO)[C@H](O)[C@@H](O)[C@@H]3O)cc2o1. The van der Waals surface area contributed by atoms with Crippen LogP contribution in [0.1, 0.15) is 5.56 Å². The molecule has 0 radical (unpaired) electrons. The first-order chi connectivity index (χ1) is 12.6. The van der Waals surface area contributed by atoms with Crippen molar-refractivity contribution in [1.29, 1.82) is 0 Å². The van der Waals surface area contributed by atoms with E-state index in [0.29, 0.717) is 6.07 Å². The van der Waals surface area contributed by atoms with E-state index in [-0.39, 0.29) is 11.1 Å². The highest BCUT2D eigenvalue weighted by Gasteiger charge is 2.44. The van der Waals surface area contributed by atoms with E-state index in [9.17, 15) is 33.3 Å². The van der Waals surface area contributed by atoms with Gasteiger partial charge in [0.2, 0.25) is 6.29 Å². The molecule has 2 heterocycles. The summed E-state index contributed by atoms with van der Waals surface area (Å²) >= 11 is 0. The van der Waals surface area contributed by atoms with E-state index in [1.807, 2.05) is 0 Å². The van der Waals surface area contributed by atoms with Gasteiger partial charge in [-0.1, -0.05) is 0 Å². The molecule has 0 unspecified atom stereocenters. The summed E-state index contributed by atoms with van der Waals surface area (Å²) in [4.78, 5) is 11.4. The number of halogens is 3. The third-order valence-corrected chi connectivity index (χ3v) is 4.12. The molecule has 4 N–H and O–H groups in total. The standard InChI is InChI=1S/C16H15F3O8/c17-16(18,19)8-4-11(21)26-9-3-6(1-2-7(8)9)25-15-14(24)13(23)12(22)10(5-20)27-15/h1-4,10,12-15,20,22-24H,5H2/t10-,12-,13+,14-,15-/m0/s1. The van der Waals surface area contributed by atoms with Crippen molar-refractivity contribution in [3.63, 3.8) is 0 Å². The molecule has 27 heavy (non-hydrogen) atoms. The van der Waals surface area contributed by atoms with Gasteiger partial charge in [0.1, 0.15) is 35.7 Å². The Balaban J connectivity index is 1.93. The van der Waals surface area contributed by atoms with Gasteiger partial charge in [0.25, 0.3) is 0 Å². The zero-order valence-electron chi connectivity index (χ0n) is 13.5. The van der Waals surface area contributed by atoms with Crippen LogP contribution >= 0.6 is 0 Å². The number of aliphatic hydroxyl groups excluding tert-OH is 4. The summed E-state index contributed by atoms with van der Waals surface area (Å²) < 4.78 is 54.3. The van der Waals surface area contributed by atoms with Gasteiger partial charge in [-0.2, -0.15) is 13.2 Å². The summed E-state index contributed by atoms with van der Waals surface area (Å²) in [5, 5.41) is 38.1. The second-order valence-electron chi connectivity index (χ2n) is 5.95. The first-order valence-corrected chi connectivity index (χ1v) is 7.74. The molecule has 148 valence electrons. The summed E-state index contributed by atoms with van der Waals surface area (Å²) in [6.07, 6.45) is -12.5. The summed E-state index contributed by atoms with van der Waals surface area (Å²) in [6.45, 7) is -0.674. The minimum Gasteiger partial charge on any atom is -0.462 e. The van der Waals surface area contributed by atoms with Crippen molar-refractivity contribution in [3.8, 4) is 5.75 Å². The van der Waals surface area contributed by atoms with Gasteiger partial charge in [-0.05, 0) is 12.1 Å². The third kappa shape index (κ3) is 3.77. The molecule has 0 bridgehead atoms. The largest absolute Gasteiger partial charge is 0.462 e. The normalized spacial score (nSPS) is 29.1. The molecule has 8 nitrogen and oxygen atoms in total. The van der Waals surface area contributed by atoms with Crippen LogP contribution in [-0.4, -0.2) is 57.7 Å². The number of benzene rings is 1. The van der Waals surface area contributed by atoms with Crippen molar-refractivity contribution in [3.05, 3.63) is 40.2 Å². The second kappa shape index (κ2) is 7.09. The Morgan fingerprint density at radius 1 is 1.07 bits per heavy atom. The van der Waals surface area contributed by atoms with Crippen molar-refractivity contribution < 1.29 is 47.5 Å². The molecule has 0 aliphatic carbocycles.